The molecule has 1 aliphatic carbocycles. The fraction of sp³-hybridized carbons (Fsp3) is 0.375. The molecule has 0 spiro atoms. The summed E-state index contributed by atoms with van der Waals surface area (Å²) in [5.41, 5.74) is 2.82. The number of amides is 2. The van der Waals surface area contributed by atoms with Crippen molar-refractivity contribution in [1.82, 2.24) is 14.9 Å². The summed E-state index contributed by atoms with van der Waals surface area (Å²) in [5.74, 6) is -1.16. The van der Waals surface area contributed by atoms with E-state index in [-0.39, 0.29) is 17.9 Å². The molecule has 2 N–H and O–H groups in total. The summed E-state index contributed by atoms with van der Waals surface area (Å²) in [6.07, 6.45) is 11.4. The average Bonchev–Trinajstić information content (AvgIpc) is 2.93. The molecule has 5 atom stereocenters. The van der Waals surface area contributed by atoms with E-state index in [0.717, 1.165) is 30.2 Å². The number of carbonyl (C=O) groups excluding carboxylic acids is 2. The van der Waals surface area contributed by atoms with Crippen molar-refractivity contribution in [2.24, 2.45) is 0 Å². The van der Waals surface area contributed by atoms with Crippen LogP contribution < -0.4 is 10.0 Å². The van der Waals surface area contributed by atoms with Gasteiger partial charge in [-0.05, 0) is 56.0 Å². The Bertz CT molecular complexity index is 1450. The summed E-state index contributed by atoms with van der Waals surface area (Å²) in [7, 11) is -3.53. The standard InChI is InChI=1S/C32H38ClN3O4S/c1-5-6-7-12-21(2)22(3)34-31(37)29-25-13-8-9-14-26(25)32(38)36(30(29)23-17-19-24(33)20-18-23)28-16-11-10-15-27(28)35-41(4,39)40/h5-9,12-14,17-20,22,27-30,35H,1,10-11,15-16H2,2-4H3,(H,34,37)/b7-6-,21-12+/t22?,27-,28-,29+,30-/m0/s1. The number of fused-ring (bicyclic) bond motifs is 1. The minimum Gasteiger partial charge on any atom is -0.349 e. The van der Waals surface area contributed by atoms with Gasteiger partial charge in [0, 0.05) is 28.7 Å². The highest BCUT2D eigenvalue weighted by Gasteiger charge is 2.49. The van der Waals surface area contributed by atoms with Gasteiger partial charge in [-0.1, -0.05) is 91.2 Å². The molecular weight excluding hydrogens is 558 g/mol. The second kappa shape index (κ2) is 13.2. The lowest BCUT2D eigenvalue weighted by Gasteiger charge is -2.49. The minimum atomic E-state index is -3.53. The Labute approximate surface area is 248 Å². The van der Waals surface area contributed by atoms with E-state index in [9.17, 15) is 18.0 Å². The molecule has 218 valence electrons. The molecule has 0 radical (unpaired) electrons. The predicted octanol–water partition coefficient (Wildman–Crippen LogP) is 5.67. The van der Waals surface area contributed by atoms with Crippen LogP contribution in [0.3, 0.4) is 0 Å². The van der Waals surface area contributed by atoms with E-state index in [1.54, 1.807) is 35.2 Å². The first-order chi connectivity index (χ1) is 19.5. The fourth-order valence-corrected chi connectivity index (χ4v) is 6.87. The van der Waals surface area contributed by atoms with Crippen LogP contribution >= 0.6 is 11.6 Å². The monoisotopic (exact) mass is 595 g/mol. The van der Waals surface area contributed by atoms with Crippen molar-refractivity contribution < 1.29 is 18.0 Å². The van der Waals surface area contributed by atoms with E-state index < -0.39 is 34.1 Å². The maximum Gasteiger partial charge on any atom is 0.255 e. The molecule has 1 saturated carbocycles. The lowest BCUT2D eigenvalue weighted by Crippen LogP contribution is -2.59. The number of hydrogen-bond acceptors (Lipinski definition) is 4. The molecule has 0 saturated heterocycles. The van der Waals surface area contributed by atoms with Crippen LogP contribution in [-0.2, 0) is 14.8 Å². The second-order valence-electron chi connectivity index (χ2n) is 10.9. The van der Waals surface area contributed by atoms with Gasteiger partial charge in [0.15, 0.2) is 0 Å². The van der Waals surface area contributed by atoms with Crippen LogP contribution in [0.15, 0.2) is 85.0 Å². The summed E-state index contributed by atoms with van der Waals surface area (Å²) in [4.78, 5) is 30.3. The number of carbonyl (C=O) groups is 2. The highest BCUT2D eigenvalue weighted by Crippen LogP contribution is 2.46. The maximum absolute atomic E-state index is 14.3. The molecule has 0 aromatic heterocycles. The summed E-state index contributed by atoms with van der Waals surface area (Å²) in [5, 5.41) is 3.72. The number of nitrogens with one attached hydrogen (secondary N) is 2. The lowest BCUT2D eigenvalue weighted by atomic mass is 9.76. The minimum absolute atomic E-state index is 0.213. The second-order valence-corrected chi connectivity index (χ2v) is 13.1. The zero-order chi connectivity index (χ0) is 29.7. The molecule has 2 aliphatic rings. The van der Waals surface area contributed by atoms with E-state index in [4.69, 9.17) is 11.6 Å². The Morgan fingerprint density at radius 2 is 1.78 bits per heavy atom. The van der Waals surface area contributed by atoms with Crippen molar-refractivity contribution in [2.45, 2.75) is 69.6 Å². The van der Waals surface area contributed by atoms with E-state index in [1.807, 2.05) is 56.3 Å². The lowest BCUT2D eigenvalue weighted by molar-refractivity contribution is -0.125. The highest BCUT2D eigenvalue weighted by molar-refractivity contribution is 7.88. The summed E-state index contributed by atoms with van der Waals surface area (Å²) < 4.78 is 27.5. The van der Waals surface area contributed by atoms with Gasteiger partial charge in [-0.25, -0.2) is 13.1 Å². The van der Waals surface area contributed by atoms with Crippen molar-refractivity contribution in [3.05, 3.63) is 107 Å². The van der Waals surface area contributed by atoms with Crippen molar-refractivity contribution in [3.8, 4) is 0 Å². The van der Waals surface area contributed by atoms with Gasteiger partial charge in [0.2, 0.25) is 15.9 Å². The number of rotatable bonds is 9. The highest BCUT2D eigenvalue weighted by atomic mass is 35.5. The number of sulfonamides is 1. The Morgan fingerprint density at radius 3 is 2.46 bits per heavy atom. The molecule has 0 bridgehead atoms. The van der Waals surface area contributed by atoms with Crippen LogP contribution in [0.1, 0.15) is 73.0 Å². The van der Waals surface area contributed by atoms with E-state index in [2.05, 4.69) is 16.6 Å². The van der Waals surface area contributed by atoms with Gasteiger partial charge in [0.05, 0.1) is 18.2 Å². The van der Waals surface area contributed by atoms with Crippen LogP contribution in [0.25, 0.3) is 0 Å². The molecule has 2 aromatic carbocycles. The fourth-order valence-electron chi connectivity index (χ4n) is 5.92. The molecule has 1 heterocycles. The summed E-state index contributed by atoms with van der Waals surface area (Å²) in [6, 6.07) is 12.6. The van der Waals surface area contributed by atoms with Crippen molar-refractivity contribution >= 4 is 33.4 Å². The first-order valence-corrected chi connectivity index (χ1v) is 16.2. The number of benzene rings is 2. The Hall–Kier alpha value is -3.20. The molecule has 1 unspecified atom stereocenters. The van der Waals surface area contributed by atoms with Crippen LogP contribution in [0.4, 0.5) is 0 Å². The molecule has 4 rings (SSSR count). The van der Waals surface area contributed by atoms with Gasteiger partial charge in [0.1, 0.15) is 0 Å². The third-order valence-corrected chi connectivity index (χ3v) is 8.95. The zero-order valence-electron chi connectivity index (χ0n) is 23.7. The predicted molar refractivity (Wildman–Crippen MR) is 164 cm³/mol. The normalized spacial score (nSPS) is 24.1. The Balaban J connectivity index is 1.84. The molecule has 2 aromatic rings. The smallest absolute Gasteiger partial charge is 0.255 e. The summed E-state index contributed by atoms with van der Waals surface area (Å²) in [6.45, 7) is 7.56. The average molecular weight is 596 g/mol. The van der Waals surface area contributed by atoms with Gasteiger partial charge in [-0.3, -0.25) is 9.59 Å². The van der Waals surface area contributed by atoms with Gasteiger partial charge in [-0.15, -0.1) is 0 Å². The van der Waals surface area contributed by atoms with Crippen LogP contribution in [-0.4, -0.2) is 49.5 Å². The SMILES string of the molecule is C=C/C=C\C=C(/C)C(C)NC(=O)[C@@H]1c2ccccc2C(=O)N([C@H]2CCCC[C@@H]2NS(C)(=O)=O)[C@H]1c1ccc(Cl)cc1. The first kappa shape index (κ1) is 30.8. The van der Waals surface area contributed by atoms with Gasteiger partial charge >= 0.3 is 0 Å². The number of allylic oxidation sites excluding steroid dienone is 4. The van der Waals surface area contributed by atoms with Crippen LogP contribution in [0.5, 0.6) is 0 Å². The summed E-state index contributed by atoms with van der Waals surface area (Å²) >= 11 is 6.24. The molecule has 1 aliphatic heterocycles. The van der Waals surface area contributed by atoms with Gasteiger partial charge in [0.25, 0.3) is 5.91 Å². The molecule has 7 nitrogen and oxygen atoms in total. The maximum atomic E-state index is 14.3. The Kier molecular flexibility index (Phi) is 9.89. The van der Waals surface area contributed by atoms with Crippen molar-refractivity contribution in [3.63, 3.8) is 0 Å². The van der Waals surface area contributed by atoms with E-state index >= 15 is 0 Å². The van der Waals surface area contributed by atoms with Gasteiger partial charge in [-0.2, -0.15) is 0 Å². The van der Waals surface area contributed by atoms with Crippen molar-refractivity contribution in [2.75, 3.05) is 6.26 Å². The number of nitrogens with zero attached hydrogens (tertiary/aromatic N) is 1. The third kappa shape index (κ3) is 7.18. The van der Waals surface area contributed by atoms with E-state index in [1.165, 1.54) is 0 Å². The van der Waals surface area contributed by atoms with Gasteiger partial charge < -0.3 is 10.2 Å². The molecule has 9 heteroatoms. The van der Waals surface area contributed by atoms with Crippen LogP contribution in [0.2, 0.25) is 5.02 Å². The van der Waals surface area contributed by atoms with Crippen molar-refractivity contribution in [1.29, 1.82) is 0 Å². The molecule has 1 fully saturated rings. The number of halogens is 1. The Morgan fingerprint density at radius 1 is 1.10 bits per heavy atom. The molecular formula is C32H38ClN3O4S. The third-order valence-electron chi connectivity index (χ3n) is 7.97. The van der Waals surface area contributed by atoms with E-state index in [0.29, 0.717) is 29.0 Å². The largest absolute Gasteiger partial charge is 0.349 e. The molecule has 2 amide bonds. The number of hydrogen-bond donors (Lipinski definition) is 2. The molecule has 41 heavy (non-hydrogen) atoms. The quantitative estimate of drug-likeness (QED) is 0.365. The van der Waals surface area contributed by atoms with Crippen LogP contribution in [0, 0.1) is 0 Å². The topological polar surface area (TPSA) is 95.6 Å². The first-order valence-electron chi connectivity index (χ1n) is 13.9. The zero-order valence-corrected chi connectivity index (χ0v) is 25.3.